The number of aliphatic hydroxyl groups is 1. The van der Waals surface area contributed by atoms with Crippen molar-refractivity contribution in [3.63, 3.8) is 0 Å². The molecule has 0 saturated carbocycles. The summed E-state index contributed by atoms with van der Waals surface area (Å²) in [5.41, 5.74) is 0. The first-order valence-electron chi connectivity index (χ1n) is 3.28. The fourth-order valence-corrected chi connectivity index (χ4v) is 1.56. The predicted molar refractivity (Wildman–Crippen MR) is 34.2 cm³/mol. The summed E-state index contributed by atoms with van der Waals surface area (Å²) < 4.78 is 10.2. The van der Waals surface area contributed by atoms with E-state index in [1.807, 2.05) is 0 Å². The zero-order valence-electron chi connectivity index (χ0n) is 6.65. The molecule has 82 valence electrons. The van der Waals surface area contributed by atoms with Gasteiger partial charge in [0.1, 0.15) is 13.7 Å². The number of aliphatic hydroxyl groups excluding tert-OH is 1. The summed E-state index contributed by atoms with van der Waals surface area (Å²) in [7, 11) is -4.99. The molecule has 0 aromatic carbocycles. The molecule has 0 aliphatic heterocycles. The van der Waals surface area contributed by atoms with Gasteiger partial charge in [0.15, 0.2) is 0 Å². The Morgan fingerprint density at radius 1 is 1.29 bits per heavy atom. The van der Waals surface area contributed by atoms with Gasteiger partial charge in [0.25, 0.3) is 0 Å². The van der Waals surface area contributed by atoms with Crippen LogP contribution in [0.25, 0.3) is 0 Å². The van der Waals surface area contributed by atoms with E-state index < -0.39 is 37.7 Å². The molecule has 0 saturated heterocycles. The molecule has 14 heavy (non-hydrogen) atoms. The molecule has 3 unspecified atom stereocenters. The Kier molecular flexibility index (Phi) is 4.21. The van der Waals surface area contributed by atoms with Crippen molar-refractivity contribution in [2.45, 2.75) is 6.10 Å². The minimum absolute atomic E-state index is 1.43. The van der Waals surface area contributed by atoms with Gasteiger partial charge in [-0.2, -0.15) is 0 Å². The second kappa shape index (κ2) is 4.52. The number of carboxylic acid groups (broad SMARTS) is 2. The summed E-state index contributed by atoms with van der Waals surface area (Å²) in [6.07, 6.45) is -3.97. The molecule has 0 aliphatic rings. The lowest BCUT2D eigenvalue weighted by molar-refractivity contribution is -0.329. The van der Waals surface area contributed by atoms with Gasteiger partial charge in [-0.15, -0.1) is 0 Å². The Morgan fingerprint density at radius 3 is 1.93 bits per heavy atom. The van der Waals surface area contributed by atoms with Crippen LogP contribution in [0.15, 0.2) is 0 Å². The van der Waals surface area contributed by atoms with Crippen molar-refractivity contribution in [2.24, 2.45) is 5.92 Å². The van der Waals surface area contributed by atoms with Crippen LogP contribution in [0.2, 0.25) is 0 Å². The molecule has 0 rings (SSSR count). The molecule has 0 aromatic rings. The molecule has 0 heterocycles. The van der Waals surface area contributed by atoms with Gasteiger partial charge in [-0.05, 0) is 0 Å². The Bertz CT molecular complexity index is 279. The van der Waals surface area contributed by atoms with E-state index in [1.165, 1.54) is 0 Å². The standard InChI is InChI=1S/C5H9O8P/c6-3(5(9)10)2(4(7)8)1-14(11,12)13/h2-3,6H,1H2,(H,7,8)(H,9,10)(H2,11,12,13)/p-3. The topological polar surface area (TPSA) is 161 Å². The number of hydrogen-bond donors (Lipinski definition) is 2. The van der Waals surface area contributed by atoms with E-state index in [0.29, 0.717) is 0 Å². The van der Waals surface area contributed by atoms with E-state index in [0.717, 1.165) is 0 Å². The molecule has 0 spiro atoms. The van der Waals surface area contributed by atoms with Crippen molar-refractivity contribution < 1.29 is 39.3 Å². The number of carbonyl (C=O) groups excluding carboxylic acids is 2. The smallest absolute Gasteiger partial charge is 0.133 e. The van der Waals surface area contributed by atoms with Crippen LogP contribution in [0.3, 0.4) is 0 Å². The minimum atomic E-state index is -4.99. The molecule has 0 amide bonds. The van der Waals surface area contributed by atoms with Crippen molar-refractivity contribution >= 4 is 19.5 Å². The molecule has 0 fully saturated rings. The van der Waals surface area contributed by atoms with Crippen molar-refractivity contribution in [3.05, 3.63) is 0 Å². The molecule has 3 atom stereocenters. The fraction of sp³-hybridized carbons (Fsp3) is 0.600. The van der Waals surface area contributed by atoms with Crippen molar-refractivity contribution in [1.29, 1.82) is 0 Å². The summed E-state index contributed by atoms with van der Waals surface area (Å²) in [4.78, 5) is 38.7. The third kappa shape index (κ3) is 4.33. The highest BCUT2D eigenvalue weighted by atomic mass is 31.2. The zero-order chi connectivity index (χ0) is 11.5. The van der Waals surface area contributed by atoms with Crippen molar-refractivity contribution in [3.8, 4) is 0 Å². The van der Waals surface area contributed by atoms with E-state index >= 15 is 0 Å². The highest BCUT2D eigenvalue weighted by Gasteiger charge is 2.25. The van der Waals surface area contributed by atoms with E-state index in [2.05, 4.69) is 0 Å². The van der Waals surface area contributed by atoms with Gasteiger partial charge in [0.05, 0.1) is 5.97 Å². The van der Waals surface area contributed by atoms with Gasteiger partial charge in [-0.1, -0.05) is 0 Å². The first kappa shape index (κ1) is 13.1. The van der Waals surface area contributed by atoms with E-state index in [9.17, 15) is 29.3 Å². The summed E-state index contributed by atoms with van der Waals surface area (Å²) in [6, 6.07) is 0. The van der Waals surface area contributed by atoms with Gasteiger partial charge in [-0.25, -0.2) is 0 Å². The number of rotatable bonds is 5. The second-order valence-corrected chi connectivity index (χ2v) is 4.15. The monoisotopic (exact) mass is 225 g/mol. The molecule has 0 bridgehead atoms. The molecule has 8 nitrogen and oxygen atoms in total. The summed E-state index contributed by atoms with van der Waals surface area (Å²) in [5.74, 6) is -6.52. The maximum absolute atomic E-state index is 10.2. The number of carboxylic acids is 2. The van der Waals surface area contributed by atoms with Gasteiger partial charge < -0.3 is 39.3 Å². The zero-order valence-corrected chi connectivity index (χ0v) is 7.55. The number of hydrogen-bond acceptors (Lipinski definition) is 7. The number of carbonyl (C=O) groups is 2. The molecule has 0 aromatic heterocycles. The fourth-order valence-electron chi connectivity index (χ4n) is 0.716. The van der Waals surface area contributed by atoms with Crippen LogP contribution in [0.1, 0.15) is 0 Å². The van der Waals surface area contributed by atoms with Crippen molar-refractivity contribution in [1.82, 2.24) is 0 Å². The molecule has 9 heteroatoms. The third-order valence-electron chi connectivity index (χ3n) is 1.35. The molecular weight excluding hydrogens is 219 g/mol. The Labute approximate surface area is 78.0 Å². The van der Waals surface area contributed by atoms with Crippen LogP contribution in [-0.2, 0) is 14.2 Å². The Morgan fingerprint density at radius 2 is 1.71 bits per heavy atom. The normalized spacial score (nSPS) is 19.4. The lowest BCUT2D eigenvalue weighted by Crippen LogP contribution is -2.49. The largest absolute Gasteiger partial charge is 0.779 e. The quantitative estimate of drug-likeness (QED) is 0.439. The molecular formula is C5H6O8P-3. The SMILES string of the molecule is O=C([O-])C(O)C(CP(=O)([O-])O)C(=O)[O-]. The van der Waals surface area contributed by atoms with Gasteiger partial charge in [0, 0.05) is 18.0 Å². The maximum atomic E-state index is 10.2. The van der Waals surface area contributed by atoms with Crippen LogP contribution < -0.4 is 15.1 Å². The van der Waals surface area contributed by atoms with Crippen LogP contribution in [-0.4, -0.2) is 34.2 Å². The van der Waals surface area contributed by atoms with Gasteiger partial charge in [-0.3, -0.25) is 0 Å². The van der Waals surface area contributed by atoms with Crippen molar-refractivity contribution in [2.75, 3.05) is 6.16 Å². The predicted octanol–water partition coefficient (Wildman–Crippen LogP) is -4.99. The van der Waals surface area contributed by atoms with E-state index in [4.69, 9.17) is 10.00 Å². The lowest BCUT2D eigenvalue weighted by atomic mass is 10.1. The average Bonchev–Trinajstić information content (AvgIpc) is 1.96. The Hall–Kier alpha value is -0.950. The second-order valence-electron chi connectivity index (χ2n) is 2.51. The molecule has 0 radical (unpaired) electrons. The summed E-state index contributed by atoms with van der Waals surface area (Å²) >= 11 is 0. The number of aliphatic carboxylic acids is 2. The molecule has 2 N–H and O–H groups in total. The first-order valence-corrected chi connectivity index (χ1v) is 5.04. The Balaban J connectivity index is 4.70. The third-order valence-corrected chi connectivity index (χ3v) is 2.21. The summed E-state index contributed by atoms with van der Waals surface area (Å²) in [6.45, 7) is 0. The van der Waals surface area contributed by atoms with Gasteiger partial charge >= 0.3 is 0 Å². The van der Waals surface area contributed by atoms with Crippen LogP contribution in [0.5, 0.6) is 0 Å². The molecule has 0 aliphatic carbocycles. The first-order chi connectivity index (χ1) is 6.15. The van der Waals surface area contributed by atoms with Crippen LogP contribution in [0, 0.1) is 5.92 Å². The minimum Gasteiger partial charge on any atom is -0.779 e. The highest BCUT2D eigenvalue weighted by molar-refractivity contribution is 7.50. The van der Waals surface area contributed by atoms with Crippen LogP contribution >= 0.6 is 7.60 Å². The summed E-state index contributed by atoms with van der Waals surface area (Å²) in [5, 5.41) is 28.9. The van der Waals surface area contributed by atoms with E-state index in [1.54, 1.807) is 0 Å². The highest BCUT2D eigenvalue weighted by Crippen LogP contribution is 2.32. The average molecular weight is 225 g/mol. The van der Waals surface area contributed by atoms with E-state index in [-0.39, 0.29) is 0 Å². The van der Waals surface area contributed by atoms with Crippen LogP contribution in [0.4, 0.5) is 0 Å². The van der Waals surface area contributed by atoms with Gasteiger partial charge in [0.2, 0.25) is 0 Å². The maximum Gasteiger partial charge on any atom is 0.133 e. The lowest BCUT2D eigenvalue weighted by Gasteiger charge is -2.28.